The van der Waals surface area contributed by atoms with Crippen molar-refractivity contribution in [3.63, 3.8) is 0 Å². The zero-order valence-corrected chi connectivity index (χ0v) is 16.7. The lowest BCUT2D eigenvalue weighted by atomic mass is 9.75. The molecule has 0 aromatic heterocycles. The summed E-state index contributed by atoms with van der Waals surface area (Å²) < 4.78 is 50.1. The van der Waals surface area contributed by atoms with E-state index in [0.29, 0.717) is 16.6 Å². The second-order valence-electron chi connectivity index (χ2n) is 7.99. The summed E-state index contributed by atoms with van der Waals surface area (Å²) in [6, 6.07) is 11.6. The molecular weight excluding hydrogens is 380 g/mol. The van der Waals surface area contributed by atoms with Gasteiger partial charge < -0.3 is 9.31 Å². The normalized spacial score (nSPS) is 18.4. The molecule has 0 bridgehead atoms. The zero-order chi connectivity index (χ0) is 21.4. The van der Waals surface area contributed by atoms with Gasteiger partial charge >= 0.3 is 13.3 Å². The summed E-state index contributed by atoms with van der Waals surface area (Å²) in [6.45, 7) is 7.73. The summed E-state index contributed by atoms with van der Waals surface area (Å²) in [4.78, 5) is 12.8. The molecule has 2 aromatic rings. The molecule has 7 heteroatoms. The average Bonchev–Trinajstić information content (AvgIpc) is 2.86. The number of benzene rings is 2. The molecule has 3 rings (SSSR count). The molecular formula is C22H22BF3O3. The van der Waals surface area contributed by atoms with Crippen LogP contribution in [0.4, 0.5) is 13.2 Å². The molecule has 1 aliphatic heterocycles. The van der Waals surface area contributed by atoms with Crippen LogP contribution in [-0.2, 0) is 15.5 Å². The van der Waals surface area contributed by atoms with Gasteiger partial charge in [-0.25, -0.2) is 0 Å². The molecule has 1 saturated heterocycles. The van der Waals surface area contributed by atoms with Crippen molar-refractivity contribution in [1.82, 2.24) is 0 Å². The minimum absolute atomic E-state index is 0.282. The van der Waals surface area contributed by atoms with Crippen LogP contribution in [0.25, 0.3) is 6.08 Å². The number of hydrogen-bond donors (Lipinski definition) is 0. The van der Waals surface area contributed by atoms with Crippen molar-refractivity contribution in [2.45, 2.75) is 45.1 Å². The molecule has 1 heterocycles. The molecule has 0 N–H and O–H groups in total. The fourth-order valence-electron chi connectivity index (χ4n) is 2.94. The van der Waals surface area contributed by atoms with Gasteiger partial charge in [-0.3, -0.25) is 4.79 Å². The van der Waals surface area contributed by atoms with Crippen LogP contribution in [0, 0.1) is 0 Å². The van der Waals surface area contributed by atoms with Gasteiger partial charge in [0.05, 0.1) is 16.8 Å². The molecule has 1 aliphatic rings. The lowest BCUT2D eigenvalue weighted by Crippen LogP contribution is -2.41. The van der Waals surface area contributed by atoms with Gasteiger partial charge in [-0.1, -0.05) is 42.5 Å². The van der Waals surface area contributed by atoms with Crippen molar-refractivity contribution in [3.8, 4) is 0 Å². The Balaban J connectivity index is 1.82. The number of carbonyl (C=O) groups is 1. The highest BCUT2D eigenvalue weighted by molar-refractivity contribution is 6.63. The van der Waals surface area contributed by atoms with Gasteiger partial charge in [-0.2, -0.15) is 13.2 Å². The topological polar surface area (TPSA) is 35.5 Å². The van der Waals surface area contributed by atoms with Crippen molar-refractivity contribution < 1.29 is 27.3 Å². The fourth-order valence-corrected chi connectivity index (χ4v) is 2.94. The third-order valence-corrected chi connectivity index (χ3v) is 5.40. The molecule has 152 valence electrons. The lowest BCUT2D eigenvalue weighted by molar-refractivity contribution is -0.137. The summed E-state index contributed by atoms with van der Waals surface area (Å²) in [5.74, 6) is -0.282. The average molecular weight is 402 g/mol. The molecule has 0 saturated carbocycles. The molecule has 0 amide bonds. The third kappa shape index (κ3) is 4.46. The van der Waals surface area contributed by atoms with E-state index >= 15 is 0 Å². The molecule has 3 nitrogen and oxygen atoms in total. The van der Waals surface area contributed by atoms with Crippen molar-refractivity contribution in [2.24, 2.45) is 0 Å². The molecule has 29 heavy (non-hydrogen) atoms. The van der Waals surface area contributed by atoms with Crippen molar-refractivity contribution in [2.75, 3.05) is 0 Å². The van der Waals surface area contributed by atoms with E-state index in [9.17, 15) is 18.0 Å². The van der Waals surface area contributed by atoms with Gasteiger partial charge in [0.25, 0.3) is 0 Å². The van der Waals surface area contributed by atoms with E-state index in [1.54, 1.807) is 24.3 Å². The smallest absolute Gasteiger partial charge is 0.399 e. The Labute approximate surface area is 168 Å². The first kappa shape index (κ1) is 21.3. The number of rotatable bonds is 4. The molecule has 0 unspecified atom stereocenters. The number of carbonyl (C=O) groups excluding carboxylic acids is 1. The van der Waals surface area contributed by atoms with Gasteiger partial charge in [0, 0.05) is 5.56 Å². The second kappa shape index (κ2) is 7.46. The van der Waals surface area contributed by atoms with Gasteiger partial charge in [0.1, 0.15) is 0 Å². The Morgan fingerprint density at radius 1 is 0.931 bits per heavy atom. The predicted octanol–water partition coefficient (Wildman–Crippen LogP) is 4.90. The summed E-state index contributed by atoms with van der Waals surface area (Å²) in [7, 11) is -0.681. The van der Waals surface area contributed by atoms with Crippen LogP contribution in [0.3, 0.4) is 0 Å². The van der Waals surface area contributed by atoms with Crippen LogP contribution in [0.1, 0.15) is 49.2 Å². The number of hydrogen-bond acceptors (Lipinski definition) is 3. The van der Waals surface area contributed by atoms with Gasteiger partial charge in [-0.05, 0) is 56.9 Å². The van der Waals surface area contributed by atoms with Crippen molar-refractivity contribution in [1.29, 1.82) is 0 Å². The Kier molecular flexibility index (Phi) is 5.49. The maximum absolute atomic E-state index is 12.8. The minimum Gasteiger partial charge on any atom is -0.399 e. The fraction of sp³-hybridized carbons (Fsp3) is 0.318. The Morgan fingerprint density at radius 3 is 2.03 bits per heavy atom. The SMILES string of the molecule is CC1(C)OB(c2ccccc2C(=O)/C=C/c2ccc(C(F)(F)F)cc2)OC1(C)C. The van der Waals surface area contributed by atoms with Crippen LogP contribution in [0.15, 0.2) is 54.6 Å². The number of halogens is 3. The first-order chi connectivity index (χ1) is 13.4. The maximum atomic E-state index is 12.8. The van der Waals surface area contributed by atoms with E-state index < -0.39 is 30.1 Å². The molecule has 0 spiro atoms. The zero-order valence-electron chi connectivity index (χ0n) is 16.7. The van der Waals surface area contributed by atoms with Crippen LogP contribution < -0.4 is 5.46 Å². The summed E-state index contributed by atoms with van der Waals surface area (Å²) >= 11 is 0. The largest absolute Gasteiger partial charge is 0.495 e. The monoisotopic (exact) mass is 402 g/mol. The van der Waals surface area contributed by atoms with Crippen LogP contribution in [0.5, 0.6) is 0 Å². The third-order valence-electron chi connectivity index (χ3n) is 5.40. The van der Waals surface area contributed by atoms with Gasteiger partial charge in [0.15, 0.2) is 5.78 Å². The summed E-state index contributed by atoms with van der Waals surface area (Å²) in [5.41, 5.74) is -0.262. The highest BCUT2D eigenvalue weighted by Gasteiger charge is 2.52. The van der Waals surface area contributed by atoms with E-state index in [1.807, 2.05) is 27.7 Å². The van der Waals surface area contributed by atoms with E-state index in [0.717, 1.165) is 12.1 Å². The first-order valence-corrected chi connectivity index (χ1v) is 9.25. The minimum atomic E-state index is -4.39. The number of alkyl halides is 3. The maximum Gasteiger partial charge on any atom is 0.495 e. The summed E-state index contributed by atoms with van der Waals surface area (Å²) in [6.07, 6.45) is -1.56. The molecule has 1 fully saturated rings. The Hall–Kier alpha value is -2.38. The first-order valence-electron chi connectivity index (χ1n) is 9.25. The van der Waals surface area contributed by atoms with Crippen LogP contribution in [-0.4, -0.2) is 24.1 Å². The van der Waals surface area contributed by atoms with Crippen LogP contribution >= 0.6 is 0 Å². The second-order valence-corrected chi connectivity index (χ2v) is 7.99. The van der Waals surface area contributed by atoms with Crippen molar-refractivity contribution >= 4 is 24.4 Å². The van der Waals surface area contributed by atoms with E-state index in [-0.39, 0.29) is 5.78 Å². The van der Waals surface area contributed by atoms with Crippen molar-refractivity contribution in [3.05, 3.63) is 71.3 Å². The number of ketones is 1. The molecule has 0 radical (unpaired) electrons. The quantitative estimate of drug-likeness (QED) is 0.415. The Bertz CT molecular complexity index is 915. The molecule has 0 aliphatic carbocycles. The molecule has 2 aromatic carbocycles. The van der Waals surface area contributed by atoms with Gasteiger partial charge in [-0.15, -0.1) is 0 Å². The van der Waals surface area contributed by atoms with Gasteiger partial charge in [0.2, 0.25) is 0 Å². The highest BCUT2D eigenvalue weighted by Crippen LogP contribution is 2.36. The van der Waals surface area contributed by atoms with E-state index in [2.05, 4.69) is 0 Å². The summed E-state index contributed by atoms with van der Waals surface area (Å²) in [5, 5.41) is 0. The molecule has 0 atom stereocenters. The van der Waals surface area contributed by atoms with E-state index in [1.165, 1.54) is 24.3 Å². The van der Waals surface area contributed by atoms with E-state index in [4.69, 9.17) is 9.31 Å². The predicted molar refractivity (Wildman–Crippen MR) is 107 cm³/mol. The highest BCUT2D eigenvalue weighted by atomic mass is 19.4. The Morgan fingerprint density at radius 2 is 1.48 bits per heavy atom. The lowest BCUT2D eigenvalue weighted by Gasteiger charge is -2.32. The van der Waals surface area contributed by atoms with Crippen LogP contribution in [0.2, 0.25) is 0 Å². The number of allylic oxidation sites excluding steroid dienone is 1. The standard InChI is InChI=1S/C22H22BF3O3/c1-20(2)21(3,4)29-23(28-20)18-8-6-5-7-17(18)19(27)14-11-15-9-12-16(13-10-15)22(24,25)26/h5-14H,1-4H3/b14-11+.